The lowest BCUT2D eigenvalue weighted by Crippen LogP contribution is -2.33. The van der Waals surface area contributed by atoms with Gasteiger partial charge >= 0.3 is 5.97 Å². The lowest BCUT2D eigenvalue weighted by atomic mass is 10.0. The first-order valence-electron chi connectivity index (χ1n) is 6.04. The van der Waals surface area contributed by atoms with Gasteiger partial charge in [0, 0.05) is 11.6 Å². The summed E-state index contributed by atoms with van der Waals surface area (Å²) in [7, 11) is 0. The van der Waals surface area contributed by atoms with Crippen molar-refractivity contribution in [1.29, 1.82) is 0 Å². The van der Waals surface area contributed by atoms with E-state index in [-0.39, 0.29) is 17.5 Å². The van der Waals surface area contributed by atoms with E-state index in [1.807, 2.05) is 6.92 Å². The van der Waals surface area contributed by atoms with Crippen molar-refractivity contribution in [1.82, 2.24) is 5.32 Å². The molecule has 0 aliphatic heterocycles. The molecule has 4 heteroatoms. The predicted molar refractivity (Wildman–Crippen MR) is 69.8 cm³/mol. The standard InChI is InChI=1S/C14H19NO3/c1-9(2)7-10(3)15-13(16)11-5-4-6-12(8-11)14(17)18/h4-6,8-10H,7H2,1-3H3,(H,15,16)(H,17,18). The summed E-state index contributed by atoms with van der Waals surface area (Å²) in [5, 5.41) is 11.7. The number of carbonyl (C=O) groups excluding carboxylic acids is 1. The molecule has 0 aliphatic carbocycles. The topological polar surface area (TPSA) is 66.4 Å². The molecule has 0 heterocycles. The molecular formula is C14H19NO3. The molecule has 0 saturated carbocycles. The Morgan fingerprint density at radius 1 is 1.22 bits per heavy atom. The number of rotatable bonds is 5. The summed E-state index contributed by atoms with van der Waals surface area (Å²) in [6, 6.07) is 6.12. The van der Waals surface area contributed by atoms with Crippen LogP contribution < -0.4 is 5.32 Å². The Morgan fingerprint density at radius 2 is 1.83 bits per heavy atom. The molecule has 4 nitrogen and oxygen atoms in total. The molecule has 18 heavy (non-hydrogen) atoms. The van der Waals surface area contributed by atoms with Crippen molar-refractivity contribution in [2.24, 2.45) is 5.92 Å². The van der Waals surface area contributed by atoms with E-state index in [1.165, 1.54) is 12.1 Å². The third kappa shape index (κ3) is 4.20. The highest BCUT2D eigenvalue weighted by Crippen LogP contribution is 2.08. The van der Waals surface area contributed by atoms with E-state index in [2.05, 4.69) is 19.2 Å². The minimum atomic E-state index is -1.03. The minimum Gasteiger partial charge on any atom is -0.478 e. The summed E-state index contributed by atoms with van der Waals surface area (Å²) >= 11 is 0. The average Bonchev–Trinajstić information content (AvgIpc) is 2.27. The van der Waals surface area contributed by atoms with Gasteiger partial charge in [-0.25, -0.2) is 4.79 Å². The second-order valence-electron chi connectivity index (χ2n) is 4.89. The van der Waals surface area contributed by atoms with Gasteiger partial charge in [-0.05, 0) is 37.5 Å². The van der Waals surface area contributed by atoms with Crippen LogP contribution in [0.2, 0.25) is 0 Å². The molecule has 98 valence electrons. The van der Waals surface area contributed by atoms with Gasteiger partial charge in [0.25, 0.3) is 5.91 Å². The SMILES string of the molecule is CC(C)CC(C)NC(=O)c1cccc(C(=O)O)c1. The Labute approximate surface area is 107 Å². The molecule has 0 radical (unpaired) electrons. The number of benzene rings is 1. The number of hydrogen-bond acceptors (Lipinski definition) is 2. The zero-order valence-electron chi connectivity index (χ0n) is 10.9. The molecule has 0 spiro atoms. The van der Waals surface area contributed by atoms with Crippen LogP contribution in [0.1, 0.15) is 47.9 Å². The first-order chi connectivity index (χ1) is 8.40. The lowest BCUT2D eigenvalue weighted by Gasteiger charge is -2.16. The zero-order valence-corrected chi connectivity index (χ0v) is 10.9. The number of carboxylic acids is 1. The summed E-state index contributed by atoms with van der Waals surface area (Å²) in [4.78, 5) is 22.7. The second-order valence-corrected chi connectivity index (χ2v) is 4.89. The van der Waals surface area contributed by atoms with Crippen LogP contribution in [-0.4, -0.2) is 23.0 Å². The summed E-state index contributed by atoms with van der Waals surface area (Å²) < 4.78 is 0. The fourth-order valence-corrected chi connectivity index (χ4v) is 1.87. The van der Waals surface area contributed by atoms with Crippen LogP contribution >= 0.6 is 0 Å². The van der Waals surface area contributed by atoms with Crippen LogP contribution in [0.25, 0.3) is 0 Å². The quantitative estimate of drug-likeness (QED) is 0.842. The molecule has 0 aromatic heterocycles. The van der Waals surface area contributed by atoms with Crippen LogP contribution in [0.4, 0.5) is 0 Å². The fraction of sp³-hybridized carbons (Fsp3) is 0.429. The Morgan fingerprint density at radius 3 is 2.39 bits per heavy atom. The van der Waals surface area contributed by atoms with Crippen LogP contribution in [0.15, 0.2) is 24.3 Å². The summed E-state index contributed by atoms with van der Waals surface area (Å²) in [6.45, 7) is 6.13. The average molecular weight is 249 g/mol. The van der Waals surface area contributed by atoms with Crippen LogP contribution in [0.5, 0.6) is 0 Å². The summed E-state index contributed by atoms with van der Waals surface area (Å²) in [5.74, 6) is -0.753. The Balaban J connectivity index is 2.72. The molecule has 1 amide bonds. The minimum absolute atomic E-state index is 0.0750. The first kappa shape index (κ1) is 14.2. The molecule has 1 aromatic carbocycles. The molecule has 1 atom stereocenters. The first-order valence-corrected chi connectivity index (χ1v) is 6.04. The number of aromatic carboxylic acids is 1. The zero-order chi connectivity index (χ0) is 13.7. The molecule has 0 bridgehead atoms. The normalized spacial score (nSPS) is 12.2. The van der Waals surface area contributed by atoms with E-state index >= 15 is 0 Å². The number of carboxylic acid groups (broad SMARTS) is 1. The van der Waals surface area contributed by atoms with Gasteiger partial charge in [0.2, 0.25) is 0 Å². The second kappa shape index (κ2) is 6.19. The van der Waals surface area contributed by atoms with Crippen LogP contribution in [-0.2, 0) is 0 Å². The molecule has 1 rings (SSSR count). The third-order valence-electron chi connectivity index (χ3n) is 2.57. The van der Waals surface area contributed by atoms with Gasteiger partial charge in [-0.3, -0.25) is 4.79 Å². The van der Waals surface area contributed by atoms with Gasteiger partial charge in [0.05, 0.1) is 5.56 Å². The van der Waals surface area contributed by atoms with Crippen molar-refractivity contribution in [2.45, 2.75) is 33.2 Å². The van der Waals surface area contributed by atoms with Crippen molar-refractivity contribution in [3.8, 4) is 0 Å². The predicted octanol–water partition coefficient (Wildman–Crippen LogP) is 2.55. The summed E-state index contributed by atoms with van der Waals surface area (Å²) in [5.41, 5.74) is 0.504. The van der Waals surface area contributed by atoms with E-state index < -0.39 is 5.97 Å². The van der Waals surface area contributed by atoms with Crippen molar-refractivity contribution in [3.63, 3.8) is 0 Å². The van der Waals surface area contributed by atoms with Crippen LogP contribution in [0.3, 0.4) is 0 Å². The molecule has 0 aliphatic rings. The molecule has 2 N–H and O–H groups in total. The van der Waals surface area contributed by atoms with E-state index in [0.29, 0.717) is 11.5 Å². The highest BCUT2D eigenvalue weighted by atomic mass is 16.4. The van der Waals surface area contributed by atoms with Crippen LogP contribution in [0, 0.1) is 5.92 Å². The van der Waals surface area contributed by atoms with E-state index in [0.717, 1.165) is 6.42 Å². The van der Waals surface area contributed by atoms with Gasteiger partial charge in [-0.15, -0.1) is 0 Å². The molecule has 1 unspecified atom stereocenters. The van der Waals surface area contributed by atoms with Gasteiger partial charge in [0.15, 0.2) is 0 Å². The Hall–Kier alpha value is -1.84. The fourth-order valence-electron chi connectivity index (χ4n) is 1.87. The largest absolute Gasteiger partial charge is 0.478 e. The molecule has 0 fully saturated rings. The Kier molecular flexibility index (Phi) is 4.89. The maximum atomic E-state index is 11.9. The third-order valence-corrected chi connectivity index (χ3v) is 2.57. The number of carbonyl (C=O) groups is 2. The molecular weight excluding hydrogens is 230 g/mol. The van der Waals surface area contributed by atoms with Gasteiger partial charge in [-0.2, -0.15) is 0 Å². The smallest absolute Gasteiger partial charge is 0.335 e. The van der Waals surface area contributed by atoms with E-state index in [1.54, 1.807) is 12.1 Å². The number of nitrogens with one attached hydrogen (secondary N) is 1. The highest BCUT2D eigenvalue weighted by molar-refractivity contribution is 5.97. The van der Waals surface area contributed by atoms with Crippen molar-refractivity contribution in [3.05, 3.63) is 35.4 Å². The summed E-state index contributed by atoms with van der Waals surface area (Å²) in [6.07, 6.45) is 0.893. The maximum Gasteiger partial charge on any atom is 0.335 e. The van der Waals surface area contributed by atoms with Gasteiger partial charge in [0.1, 0.15) is 0 Å². The monoisotopic (exact) mass is 249 g/mol. The van der Waals surface area contributed by atoms with Gasteiger partial charge in [-0.1, -0.05) is 19.9 Å². The van der Waals surface area contributed by atoms with E-state index in [9.17, 15) is 9.59 Å². The Bertz CT molecular complexity index is 440. The molecule has 1 aromatic rings. The number of hydrogen-bond donors (Lipinski definition) is 2. The molecule has 0 saturated heterocycles. The van der Waals surface area contributed by atoms with E-state index in [4.69, 9.17) is 5.11 Å². The maximum absolute atomic E-state index is 11.9. The highest BCUT2D eigenvalue weighted by Gasteiger charge is 2.12. The lowest BCUT2D eigenvalue weighted by molar-refractivity contribution is 0.0697. The van der Waals surface area contributed by atoms with Crippen molar-refractivity contribution in [2.75, 3.05) is 0 Å². The van der Waals surface area contributed by atoms with Crippen molar-refractivity contribution < 1.29 is 14.7 Å². The number of amides is 1. The van der Waals surface area contributed by atoms with Crippen molar-refractivity contribution >= 4 is 11.9 Å². The van der Waals surface area contributed by atoms with Gasteiger partial charge < -0.3 is 10.4 Å².